The quantitative estimate of drug-likeness (QED) is 0.874. The lowest BCUT2D eigenvalue weighted by atomic mass is 10.0. The Kier molecular flexibility index (Phi) is 4.52. The maximum Gasteiger partial charge on any atom is 0.308 e. The van der Waals surface area contributed by atoms with Crippen LogP contribution in [0.5, 0.6) is 5.75 Å². The van der Waals surface area contributed by atoms with E-state index in [2.05, 4.69) is 4.90 Å². The van der Waals surface area contributed by atoms with Gasteiger partial charge >= 0.3 is 5.97 Å². The van der Waals surface area contributed by atoms with E-state index in [0.29, 0.717) is 6.54 Å². The van der Waals surface area contributed by atoms with Gasteiger partial charge in [-0.15, -0.1) is 0 Å². The summed E-state index contributed by atoms with van der Waals surface area (Å²) >= 11 is 0. The molecule has 6 heteroatoms. The van der Waals surface area contributed by atoms with Gasteiger partial charge in [0.05, 0.1) is 5.92 Å². The molecule has 2 N–H and O–H groups in total. The molecule has 6 nitrogen and oxygen atoms in total. The van der Waals surface area contributed by atoms with Crippen molar-refractivity contribution in [3.63, 3.8) is 0 Å². The fraction of sp³-hybridized carbons (Fsp3) is 0.529. The van der Waals surface area contributed by atoms with Crippen LogP contribution in [0.15, 0.2) is 24.3 Å². The van der Waals surface area contributed by atoms with Crippen LogP contribution in [-0.4, -0.2) is 57.6 Å². The third-order valence-corrected chi connectivity index (χ3v) is 4.82. The van der Waals surface area contributed by atoms with Gasteiger partial charge in [-0.1, -0.05) is 12.1 Å². The van der Waals surface area contributed by atoms with Gasteiger partial charge in [0.25, 0.3) is 0 Å². The second-order valence-corrected chi connectivity index (χ2v) is 6.46. The van der Waals surface area contributed by atoms with Crippen molar-refractivity contribution in [3.05, 3.63) is 29.8 Å². The summed E-state index contributed by atoms with van der Waals surface area (Å²) in [6.45, 7) is 2.89. The Morgan fingerprint density at radius 2 is 2.00 bits per heavy atom. The van der Waals surface area contributed by atoms with Crippen molar-refractivity contribution in [2.45, 2.75) is 31.8 Å². The van der Waals surface area contributed by atoms with Crippen molar-refractivity contribution in [2.75, 3.05) is 19.6 Å². The molecule has 0 aromatic heterocycles. The second-order valence-electron chi connectivity index (χ2n) is 6.46. The SMILES string of the molecule is O=C(O)[C@@H]1CC(=O)N(C2CCN(Cc3cccc(O)c3)CC2)C1. The van der Waals surface area contributed by atoms with Gasteiger partial charge in [0.2, 0.25) is 5.91 Å². The van der Waals surface area contributed by atoms with Crippen LogP contribution >= 0.6 is 0 Å². The summed E-state index contributed by atoms with van der Waals surface area (Å²) in [7, 11) is 0. The standard InChI is InChI=1S/C17H22N2O4/c20-15-3-1-2-12(8-15)10-18-6-4-14(5-7-18)19-11-13(17(22)23)9-16(19)21/h1-3,8,13-14,20H,4-7,9-11H2,(H,22,23)/t13-/m1/s1. The first-order valence-corrected chi connectivity index (χ1v) is 8.05. The summed E-state index contributed by atoms with van der Waals surface area (Å²) in [6.07, 6.45) is 1.88. The average molecular weight is 318 g/mol. The highest BCUT2D eigenvalue weighted by Crippen LogP contribution is 2.26. The Morgan fingerprint density at radius 1 is 1.26 bits per heavy atom. The van der Waals surface area contributed by atoms with Gasteiger partial charge in [-0.05, 0) is 30.5 Å². The van der Waals surface area contributed by atoms with Crippen LogP contribution in [0.1, 0.15) is 24.8 Å². The maximum absolute atomic E-state index is 12.0. The molecule has 2 saturated heterocycles. The number of hydrogen-bond donors (Lipinski definition) is 2. The molecule has 0 unspecified atom stereocenters. The second kappa shape index (κ2) is 6.58. The summed E-state index contributed by atoms with van der Waals surface area (Å²) in [5, 5.41) is 18.6. The first-order chi connectivity index (χ1) is 11.0. The first kappa shape index (κ1) is 15.8. The molecule has 1 aromatic rings. The van der Waals surface area contributed by atoms with E-state index in [-0.39, 0.29) is 24.1 Å². The van der Waals surface area contributed by atoms with Crippen LogP contribution in [-0.2, 0) is 16.1 Å². The highest BCUT2D eigenvalue weighted by Gasteiger charge is 2.38. The molecule has 1 atom stereocenters. The Bertz CT molecular complexity index is 596. The number of aliphatic carboxylic acids is 1. The molecule has 0 spiro atoms. The minimum atomic E-state index is -0.873. The smallest absolute Gasteiger partial charge is 0.308 e. The molecular weight excluding hydrogens is 296 g/mol. The molecule has 0 aliphatic carbocycles. The number of hydrogen-bond acceptors (Lipinski definition) is 4. The molecule has 2 heterocycles. The minimum Gasteiger partial charge on any atom is -0.508 e. The zero-order chi connectivity index (χ0) is 16.4. The van der Waals surface area contributed by atoms with Crippen molar-refractivity contribution >= 4 is 11.9 Å². The van der Waals surface area contributed by atoms with E-state index in [4.69, 9.17) is 5.11 Å². The molecule has 124 valence electrons. The number of benzene rings is 1. The number of nitrogens with zero attached hydrogens (tertiary/aromatic N) is 2. The molecule has 3 rings (SSSR count). The molecule has 1 amide bonds. The van der Waals surface area contributed by atoms with E-state index in [1.165, 1.54) is 0 Å². The number of aromatic hydroxyl groups is 1. The fourth-order valence-corrected chi connectivity index (χ4v) is 3.55. The summed E-state index contributed by atoms with van der Waals surface area (Å²) < 4.78 is 0. The number of carbonyl (C=O) groups excluding carboxylic acids is 1. The molecule has 2 aliphatic heterocycles. The zero-order valence-electron chi connectivity index (χ0n) is 13.0. The van der Waals surface area contributed by atoms with E-state index in [1.807, 2.05) is 12.1 Å². The van der Waals surface area contributed by atoms with Gasteiger partial charge in [0.1, 0.15) is 5.75 Å². The molecule has 2 aliphatic rings. The van der Waals surface area contributed by atoms with Crippen molar-refractivity contribution in [2.24, 2.45) is 5.92 Å². The highest BCUT2D eigenvalue weighted by molar-refractivity contribution is 5.86. The van der Waals surface area contributed by atoms with Crippen molar-refractivity contribution in [1.82, 2.24) is 9.80 Å². The average Bonchev–Trinajstić information content (AvgIpc) is 2.90. The molecule has 23 heavy (non-hydrogen) atoms. The van der Waals surface area contributed by atoms with E-state index >= 15 is 0 Å². The fourth-order valence-electron chi connectivity index (χ4n) is 3.55. The molecule has 0 radical (unpaired) electrons. The predicted molar refractivity (Wildman–Crippen MR) is 83.9 cm³/mol. The van der Waals surface area contributed by atoms with E-state index in [0.717, 1.165) is 38.0 Å². The van der Waals surface area contributed by atoms with Crippen LogP contribution in [0.25, 0.3) is 0 Å². The van der Waals surface area contributed by atoms with Crippen LogP contribution in [0.4, 0.5) is 0 Å². The molecule has 2 fully saturated rings. The zero-order valence-corrected chi connectivity index (χ0v) is 13.0. The van der Waals surface area contributed by atoms with E-state index in [9.17, 15) is 14.7 Å². The van der Waals surface area contributed by atoms with Crippen molar-refractivity contribution in [3.8, 4) is 5.75 Å². The largest absolute Gasteiger partial charge is 0.508 e. The summed E-state index contributed by atoms with van der Waals surface area (Å²) in [6, 6.07) is 7.42. The predicted octanol–water partition coefficient (Wildman–Crippen LogP) is 1.29. The Hall–Kier alpha value is -2.08. The van der Waals surface area contributed by atoms with Gasteiger partial charge in [-0.3, -0.25) is 14.5 Å². The van der Waals surface area contributed by atoms with Gasteiger partial charge in [-0.25, -0.2) is 0 Å². The van der Waals surface area contributed by atoms with E-state index in [1.54, 1.807) is 17.0 Å². The normalized spacial score (nSPS) is 23.4. The monoisotopic (exact) mass is 318 g/mol. The number of phenols is 1. The van der Waals surface area contributed by atoms with Gasteiger partial charge in [0.15, 0.2) is 0 Å². The minimum absolute atomic E-state index is 0.0242. The number of piperidine rings is 1. The number of rotatable bonds is 4. The third-order valence-electron chi connectivity index (χ3n) is 4.82. The van der Waals surface area contributed by atoms with Gasteiger partial charge in [-0.2, -0.15) is 0 Å². The number of carboxylic acid groups (broad SMARTS) is 1. The van der Waals surface area contributed by atoms with Gasteiger partial charge in [0, 0.05) is 38.6 Å². The molecule has 1 aromatic carbocycles. The van der Waals surface area contributed by atoms with Crippen LogP contribution in [0.2, 0.25) is 0 Å². The summed E-state index contributed by atoms with van der Waals surface area (Å²) in [5.41, 5.74) is 1.08. The maximum atomic E-state index is 12.0. The summed E-state index contributed by atoms with van der Waals surface area (Å²) in [4.78, 5) is 27.1. The number of likely N-dealkylation sites (tertiary alicyclic amines) is 2. The number of amides is 1. The topological polar surface area (TPSA) is 81.1 Å². The number of phenolic OH excluding ortho intramolecular Hbond substituents is 1. The molecule has 0 bridgehead atoms. The summed E-state index contributed by atoms with van der Waals surface area (Å²) in [5.74, 6) is -1.17. The van der Waals surface area contributed by atoms with E-state index < -0.39 is 11.9 Å². The number of carboxylic acids is 1. The molecular formula is C17H22N2O4. The van der Waals surface area contributed by atoms with Crippen LogP contribution < -0.4 is 0 Å². The van der Waals surface area contributed by atoms with Crippen LogP contribution in [0, 0.1) is 5.92 Å². The molecule has 0 saturated carbocycles. The van der Waals surface area contributed by atoms with Crippen LogP contribution in [0.3, 0.4) is 0 Å². The number of carbonyl (C=O) groups is 2. The third kappa shape index (κ3) is 3.64. The highest BCUT2D eigenvalue weighted by atomic mass is 16.4. The van der Waals surface area contributed by atoms with Crippen molar-refractivity contribution < 1.29 is 19.8 Å². The van der Waals surface area contributed by atoms with Gasteiger partial charge < -0.3 is 15.1 Å². The Balaban J connectivity index is 1.52. The van der Waals surface area contributed by atoms with Crippen molar-refractivity contribution in [1.29, 1.82) is 0 Å². The Morgan fingerprint density at radius 3 is 2.61 bits per heavy atom. The first-order valence-electron chi connectivity index (χ1n) is 8.05. The lowest BCUT2D eigenvalue weighted by Gasteiger charge is -2.36. The lowest BCUT2D eigenvalue weighted by molar-refractivity contribution is -0.141. The lowest BCUT2D eigenvalue weighted by Crippen LogP contribution is -2.45. The Labute approximate surface area is 135 Å².